The maximum absolute atomic E-state index is 12.0. The summed E-state index contributed by atoms with van der Waals surface area (Å²) < 4.78 is 5.13. The van der Waals surface area contributed by atoms with E-state index in [2.05, 4.69) is 29.6 Å². The molecule has 0 aromatic heterocycles. The number of anilines is 2. The first-order valence-corrected chi connectivity index (χ1v) is 6.87. The summed E-state index contributed by atoms with van der Waals surface area (Å²) in [6.45, 7) is 2.05. The van der Waals surface area contributed by atoms with Crippen LogP contribution in [0.1, 0.15) is 17.5 Å². The van der Waals surface area contributed by atoms with Crippen LogP contribution in [0, 0.1) is 6.92 Å². The summed E-state index contributed by atoms with van der Waals surface area (Å²) in [6, 6.07) is 13.4. The monoisotopic (exact) mass is 284 g/mol. The fraction of sp³-hybridized carbons (Fsp3) is 0.235. The molecule has 0 fully saturated rings. The molecule has 0 heterocycles. The Hall–Kier alpha value is -2.49. The van der Waals surface area contributed by atoms with Crippen LogP contribution in [0.2, 0.25) is 0 Å². The van der Waals surface area contributed by atoms with Crippen molar-refractivity contribution in [2.75, 3.05) is 18.2 Å². The second-order valence-corrected chi connectivity index (χ2v) is 4.99. The molecular formula is C17H20N2O2. The minimum absolute atomic E-state index is 0.0256. The van der Waals surface area contributed by atoms with Gasteiger partial charge in [-0.05, 0) is 31.0 Å². The van der Waals surface area contributed by atoms with Crippen molar-refractivity contribution in [3.05, 3.63) is 53.6 Å². The van der Waals surface area contributed by atoms with Crippen molar-refractivity contribution in [3.8, 4) is 5.75 Å². The zero-order valence-corrected chi connectivity index (χ0v) is 12.3. The Morgan fingerprint density at radius 1 is 1.19 bits per heavy atom. The van der Waals surface area contributed by atoms with Gasteiger partial charge in [-0.2, -0.15) is 0 Å². The molecule has 0 aliphatic carbocycles. The first-order valence-electron chi connectivity index (χ1n) is 6.87. The van der Waals surface area contributed by atoms with Gasteiger partial charge in [0.1, 0.15) is 5.75 Å². The van der Waals surface area contributed by atoms with E-state index in [0.29, 0.717) is 23.5 Å². The largest absolute Gasteiger partial charge is 0.495 e. The predicted octanol–water partition coefficient (Wildman–Crippen LogP) is 3.16. The summed E-state index contributed by atoms with van der Waals surface area (Å²) >= 11 is 0. The third kappa shape index (κ3) is 4.24. The molecule has 0 atom stereocenters. The van der Waals surface area contributed by atoms with Crippen molar-refractivity contribution in [3.63, 3.8) is 0 Å². The van der Waals surface area contributed by atoms with E-state index in [0.717, 1.165) is 12.0 Å². The highest BCUT2D eigenvalue weighted by atomic mass is 16.5. The molecule has 0 saturated heterocycles. The predicted molar refractivity (Wildman–Crippen MR) is 85.5 cm³/mol. The number of ether oxygens (including phenoxy) is 1. The lowest BCUT2D eigenvalue weighted by Gasteiger charge is -2.09. The van der Waals surface area contributed by atoms with Gasteiger partial charge in [-0.15, -0.1) is 0 Å². The van der Waals surface area contributed by atoms with E-state index in [4.69, 9.17) is 10.5 Å². The smallest absolute Gasteiger partial charge is 0.224 e. The van der Waals surface area contributed by atoms with Gasteiger partial charge in [0.2, 0.25) is 5.91 Å². The van der Waals surface area contributed by atoms with Crippen molar-refractivity contribution in [2.24, 2.45) is 0 Å². The summed E-state index contributed by atoms with van der Waals surface area (Å²) in [6.07, 6.45) is 1.16. The maximum atomic E-state index is 12.0. The van der Waals surface area contributed by atoms with Crippen LogP contribution in [0.15, 0.2) is 42.5 Å². The zero-order chi connectivity index (χ0) is 15.2. The van der Waals surface area contributed by atoms with Crippen molar-refractivity contribution in [1.29, 1.82) is 0 Å². The number of methoxy groups -OCH3 is 1. The van der Waals surface area contributed by atoms with E-state index in [-0.39, 0.29) is 5.91 Å². The molecule has 21 heavy (non-hydrogen) atoms. The van der Waals surface area contributed by atoms with Crippen molar-refractivity contribution >= 4 is 17.3 Å². The molecule has 110 valence electrons. The summed E-state index contributed by atoms with van der Waals surface area (Å²) in [4.78, 5) is 12.0. The van der Waals surface area contributed by atoms with E-state index in [1.807, 2.05) is 6.92 Å². The standard InChI is InChI=1S/C17H20N2O2/c1-12-3-5-13(6-4-12)7-10-17(20)19-14-8-9-15(18)16(11-14)21-2/h3-6,8-9,11H,7,10,18H2,1-2H3,(H,19,20). The van der Waals surface area contributed by atoms with Gasteiger partial charge in [-0.3, -0.25) is 4.79 Å². The first-order chi connectivity index (χ1) is 10.1. The Morgan fingerprint density at radius 3 is 2.57 bits per heavy atom. The summed E-state index contributed by atoms with van der Waals surface area (Å²) in [5.41, 5.74) is 9.36. The zero-order valence-electron chi connectivity index (χ0n) is 12.3. The van der Waals surface area contributed by atoms with Crippen molar-refractivity contribution in [1.82, 2.24) is 0 Å². The minimum atomic E-state index is -0.0256. The molecule has 0 aliphatic rings. The molecule has 4 heteroatoms. The van der Waals surface area contributed by atoms with Gasteiger partial charge < -0.3 is 15.8 Å². The SMILES string of the molecule is COc1cc(NC(=O)CCc2ccc(C)cc2)ccc1N. The quantitative estimate of drug-likeness (QED) is 0.829. The van der Waals surface area contributed by atoms with Crippen LogP contribution in [-0.2, 0) is 11.2 Å². The number of nitrogens with one attached hydrogen (secondary N) is 1. The fourth-order valence-corrected chi connectivity index (χ4v) is 2.03. The Labute approximate surface area is 124 Å². The number of hydrogen-bond acceptors (Lipinski definition) is 3. The van der Waals surface area contributed by atoms with E-state index in [1.54, 1.807) is 25.3 Å². The molecule has 0 radical (unpaired) electrons. The summed E-state index contributed by atoms with van der Waals surface area (Å²) in [7, 11) is 1.55. The molecule has 0 aliphatic heterocycles. The summed E-state index contributed by atoms with van der Waals surface area (Å²) in [5, 5.41) is 2.85. The Morgan fingerprint density at radius 2 is 1.90 bits per heavy atom. The van der Waals surface area contributed by atoms with E-state index < -0.39 is 0 Å². The summed E-state index contributed by atoms with van der Waals surface area (Å²) in [5.74, 6) is 0.536. The molecule has 1 amide bonds. The second kappa shape index (κ2) is 6.79. The van der Waals surface area contributed by atoms with Crippen LogP contribution in [0.5, 0.6) is 5.75 Å². The number of nitrogens with two attached hydrogens (primary N) is 1. The van der Waals surface area contributed by atoms with Crippen LogP contribution in [-0.4, -0.2) is 13.0 Å². The first kappa shape index (κ1) is 14.9. The van der Waals surface area contributed by atoms with E-state index in [1.165, 1.54) is 5.56 Å². The third-order valence-electron chi connectivity index (χ3n) is 3.28. The lowest BCUT2D eigenvalue weighted by molar-refractivity contribution is -0.116. The second-order valence-electron chi connectivity index (χ2n) is 4.99. The lowest BCUT2D eigenvalue weighted by Crippen LogP contribution is -2.12. The maximum Gasteiger partial charge on any atom is 0.224 e. The normalized spacial score (nSPS) is 10.2. The van der Waals surface area contributed by atoms with Gasteiger partial charge in [0, 0.05) is 18.2 Å². The molecule has 0 saturated carbocycles. The van der Waals surface area contributed by atoms with Gasteiger partial charge >= 0.3 is 0 Å². The van der Waals surface area contributed by atoms with Crippen molar-refractivity contribution < 1.29 is 9.53 Å². The van der Waals surface area contributed by atoms with Gasteiger partial charge in [-0.25, -0.2) is 0 Å². The van der Waals surface area contributed by atoms with Crippen LogP contribution >= 0.6 is 0 Å². The molecule has 0 unspecified atom stereocenters. The van der Waals surface area contributed by atoms with E-state index in [9.17, 15) is 4.79 Å². The van der Waals surface area contributed by atoms with Crippen LogP contribution in [0.4, 0.5) is 11.4 Å². The fourth-order valence-electron chi connectivity index (χ4n) is 2.03. The highest BCUT2D eigenvalue weighted by Crippen LogP contribution is 2.25. The Bertz CT molecular complexity index is 621. The molecule has 0 bridgehead atoms. The van der Waals surface area contributed by atoms with Gasteiger partial charge in [0.15, 0.2) is 0 Å². The van der Waals surface area contributed by atoms with Gasteiger partial charge in [0.05, 0.1) is 12.8 Å². The number of nitrogen functional groups attached to an aromatic ring is 1. The molecule has 2 rings (SSSR count). The van der Waals surface area contributed by atoms with Crippen LogP contribution in [0.3, 0.4) is 0 Å². The van der Waals surface area contributed by atoms with Crippen LogP contribution < -0.4 is 15.8 Å². The molecule has 0 spiro atoms. The average Bonchev–Trinajstić information content (AvgIpc) is 2.48. The number of benzene rings is 2. The molecular weight excluding hydrogens is 264 g/mol. The average molecular weight is 284 g/mol. The number of carbonyl (C=O) groups is 1. The van der Waals surface area contributed by atoms with Gasteiger partial charge in [-0.1, -0.05) is 29.8 Å². The minimum Gasteiger partial charge on any atom is -0.495 e. The lowest BCUT2D eigenvalue weighted by atomic mass is 10.1. The Balaban J connectivity index is 1.91. The highest BCUT2D eigenvalue weighted by molar-refractivity contribution is 5.91. The number of rotatable bonds is 5. The number of carbonyl (C=O) groups excluding carboxylic acids is 1. The molecule has 4 nitrogen and oxygen atoms in total. The number of aryl methyl sites for hydroxylation is 2. The Kier molecular flexibility index (Phi) is 4.82. The molecule has 3 N–H and O–H groups in total. The molecule has 2 aromatic rings. The number of hydrogen-bond donors (Lipinski definition) is 2. The van der Waals surface area contributed by atoms with E-state index >= 15 is 0 Å². The highest BCUT2D eigenvalue weighted by Gasteiger charge is 2.06. The van der Waals surface area contributed by atoms with Crippen molar-refractivity contribution in [2.45, 2.75) is 19.8 Å². The topological polar surface area (TPSA) is 64.3 Å². The molecule has 2 aromatic carbocycles. The number of amides is 1. The van der Waals surface area contributed by atoms with Crippen LogP contribution in [0.25, 0.3) is 0 Å². The van der Waals surface area contributed by atoms with Gasteiger partial charge in [0.25, 0.3) is 0 Å². The third-order valence-corrected chi connectivity index (χ3v) is 3.28.